The van der Waals surface area contributed by atoms with Gasteiger partial charge in [-0.25, -0.2) is 0 Å². The molecule has 0 amide bonds. The normalized spacial score (nSPS) is 27.9. The van der Waals surface area contributed by atoms with Gasteiger partial charge in [0.2, 0.25) is 0 Å². The minimum Gasteiger partial charge on any atom is -0.328 e. The van der Waals surface area contributed by atoms with Crippen molar-refractivity contribution in [1.29, 1.82) is 0 Å². The maximum atomic E-state index is 5.89. The van der Waals surface area contributed by atoms with Crippen molar-refractivity contribution in [2.45, 2.75) is 44.3 Å². The summed E-state index contributed by atoms with van der Waals surface area (Å²) in [5, 5.41) is 3.62. The van der Waals surface area contributed by atoms with Gasteiger partial charge in [0.15, 0.2) is 0 Å². The number of nitrogens with two attached hydrogens (primary N) is 1. The van der Waals surface area contributed by atoms with Gasteiger partial charge < -0.3 is 11.1 Å². The van der Waals surface area contributed by atoms with Gasteiger partial charge in [0, 0.05) is 30.5 Å². The van der Waals surface area contributed by atoms with Crippen molar-refractivity contribution >= 4 is 0 Å². The van der Waals surface area contributed by atoms with E-state index in [-0.39, 0.29) is 0 Å². The van der Waals surface area contributed by atoms with E-state index in [0.29, 0.717) is 18.1 Å². The highest BCUT2D eigenvalue weighted by molar-refractivity contribution is 5.14. The van der Waals surface area contributed by atoms with Gasteiger partial charge in [-0.05, 0) is 43.9 Å². The Bertz CT molecular complexity index is 299. The molecule has 0 radical (unpaired) electrons. The molecule has 3 atom stereocenters. The molecule has 1 aliphatic rings. The Hall–Kier alpha value is -0.930. The van der Waals surface area contributed by atoms with Crippen LogP contribution in [-0.4, -0.2) is 17.1 Å². The second-order valence-corrected chi connectivity index (χ2v) is 4.44. The molecular formula is C12H19N3. The zero-order valence-electron chi connectivity index (χ0n) is 9.19. The number of nitrogens with zero attached hydrogens (tertiary/aromatic N) is 1. The van der Waals surface area contributed by atoms with E-state index in [4.69, 9.17) is 5.73 Å². The van der Waals surface area contributed by atoms with Crippen LogP contribution in [0.5, 0.6) is 0 Å². The van der Waals surface area contributed by atoms with Crippen molar-refractivity contribution in [3.8, 4) is 0 Å². The van der Waals surface area contributed by atoms with Gasteiger partial charge in [0.1, 0.15) is 0 Å². The van der Waals surface area contributed by atoms with E-state index in [9.17, 15) is 0 Å². The van der Waals surface area contributed by atoms with Crippen LogP contribution in [-0.2, 0) is 0 Å². The highest BCUT2D eigenvalue weighted by Crippen LogP contribution is 2.21. The second kappa shape index (κ2) is 4.73. The number of aromatic nitrogens is 1. The van der Waals surface area contributed by atoms with Crippen molar-refractivity contribution in [2.24, 2.45) is 5.73 Å². The summed E-state index contributed by atoms with van der Waals surface area (Å²) in [6, 6.07) is 5.50. The molecule has 1 heterocycles. The minimum absolute atomic E-state index is 0.392. The van der Waals surface area contributed by atoms with Gasteiger partial charge in [-0.15, -0.1) is 0 Å². The molecule has 1 fully saturated rings. The zero-order chi connectivity index (χ0) is 10.7. The number of hydrogen-bond donors (Lipinski definition) is 2. The summed E-state index contributed by atoms with van der Waals surface area (Å²) < 4.78 is 0. The summed E-state index contributed by atoms with van der Waals surface area (Å²) in [5.41, 5.74) is 7.19. The van der Waals surface area contributed by atoms with Gasteiger partial charge in [-0.3, -0.25) is 4.98 Å². The predicted molar refractivity (Wildman–Crippen MR) is 61.4 cm³/mol. The zero-order valence-corrected chi connectivity index (χ0v) is 9.19. The van der Waals surface area contributed by atoms with E-state index in [2.05, 4.69) is 29.4 Å². The van der Waals surface area contributed by atoms with Crippen molar-refractivity contribution in [1.82, 2.24) is 10.3 Å². The van der Waals surface area contributed by atoms with Crippen LogP contribution < -0.4 is 11.1 Å². The van der Waals surface area contributed by atoms with Crippen LogP contribution in [0.4, 0.5) is 0 Å². The van der Waals surface area contributed by atoms with Crippen LogP contribution in [0, 0.1) is 0 Å². The lowest BCUT2D eigenvalue weighted by molar-refractivity contribution is 0.457. The largest absolute Gasteiger partial charge is 0.328 e. The lowest BCUT2D eigenvalue weighted by Gasteiger charge is -2.19. The third kappa shape index (κ3) is 2.76. The summed E-state index contributed by atoms with van der Waals surface area (Å²) in [7, 11) is 0. The molecule has 3 nitrogen and oxygen atoms in total. The molecule has 1 aliphatic carbocycles. The van der Waals surface area contributed by atoms with E-state index in [0.717, 1.165) is 12.8 Å². The first-order valence-electron chi connectivity index (χ1n) is 5.67. The Morgan fingerprint density at radius 1 is 1.40 bits per heavy atom. The molecule has 3 heteroatoms. The maximum absolute atomic E-state index is 5.89. The molecule has 0 spiro atoms. The monoisotopic (exact) mass is 205 g/mol. The topological polar surface area (TPSA) is 50.9 Å². The van der Waals surface area contributed by atoms with Crippen LogP contribution in [0.2, 0.25) is 0 Å². The van der Waals surface area contributed by atoms with Gasteiger partial charge in [-0.1, -0.05) is 0 Å². The van der Waals surface area contributed by atoms with Crippen LogP contribution in [0.15, 0.2) is 24.5 Å². The molecular weight excluding hydrogens is 186 g/mol. The van der Waals surface area contributed by atoms with Crippen LogP contribution in [0.3, 0.4) is 0 Å². The van der Waals surface area contributed by atoms with E-state index >= 15 is 0 Å². The Balaban J connectivity index is 1.90. The highest BCUT2D eigenvalue weighted by Gasteiger charge is 2.22. The summed E-state index contributed by atoms with van der Waals surface area (Å²) in [5.74, 6) is 0. The fourth-order valence-corrected chi connectivity index (χ4v) is 2.27. The maximum Gasteiger partial charge on any atom is 0.0295 e. The Morgan fingerprint density at radius 2 is 2.13 bits per heavy atom. The van der Waals surface area contributed by atoms with Gasteiger partial charge in [0.05, 0.1) is 0 Å². The number of rotatable bonds is 3. The van der Waals surface area contributed by atoms with Crippen LogP contribution in [0.1, 0.15) is 37.8 Å². The third-order valence-corrected chi connectivity index (χ3v) is 3.16. The van der Waals surface area contributed by atoms with Gasteiger partial charge >= 0.3 is 0 Å². The third-order valence-electron chi connectivity index (χ3n) is 3.16. The van der Waals surface area contributed by atoms with Crippen molar-refractivity contribution < 1.29 is 0 Å². The van der Waals surface area contributed by atoms with Crippen LogP contribution >= 0.6 is 0 Å². The highest BCUT2D eigenvalue weighted by atomic mass is 15.0. The average molecular weight is 205 g/mol. The number of hydrogen-bond acceptors (Lipinski definition) is 3. The lowest BCUT2D eigenvalue weighted by atomic mass is 10.1. The Morgan fingerprint density at radius 3 is 2.73 bits per heavy atom. The first-order valence-corrected chi connectivity index (χ1v) is 5.67. The smallest absolute Gasteiger partial charge is 0.0295 e. The molecule has 82 valence electrons. The molecule has 15 heavy (non-hydrogen) atoms. The predicted octanol–water partition coefficient (Wildman–Crippen LogP) is 1.61. The van der Waals surface area contributed by atoms with Gasteiger partial charge in [0.25, 0.3) is 0 Å². The molecule has 2 rings (SSSR count). The second-order valence-electron chi connectivity index (χ2n) is 4.44. The fourth-order valence-electron chi connectivity index (χ4n) is 2.27. The van der Waals surface area contributed by atoms with Crippen molar-refractivity contribution in [2.75, 3.05) is 0 Å². The van der Waals surface area contributed by atoms with E-state index in [1.165, 1.54) is 12.0 Å². The van der Waals surface area contributed by atoms with E-state index in [1.54, 1.807) is 0 Å². The molecule has 1 saturated carbocycles. The van der Waals surface area contributed by atoms with E-state index in [1.807, 2.05) is 12.4 Å². The molecule has 0 saturated heterocycles. The average Bonchev–Trinajstić information content (AvgIpc) is 2.65. The summed E-state index contributed by atoms with van der Waals surface area (Å²) >= 11 is 0. The first kappa shape index (κ1) is 10.6. The summed E-state index contributed by atoms with van der Waals surface area (Å²) in [6.45, 7) is 2.19. The fraction of sp³-hybridized carbons (Fsp3) is 0.583. The van der Waals surface area contributed by atoms with Crippen LogP contribution in [0.25, 0.3) is 0 Å². The standard InChI is InChI=1S/C12H19N3/c1-9(10-4-6-14-7-5-10)15-12-3-2-11(13)8-12/h4-7,9,11-12,15H,2-3,8,13H2,1H3. The summed E-state index contributed by atoms with van der Waals surface area (Å²) in [4.78, 5) is 4.02. The molecule has 0 bridgehead atoms. The molecule has 3 unspecified atom stereocenters. The van der Waals surface area contributed by atoms with E-state index < -0.39 is 0 Å². The molecule has 0 aromatic carbocycles. The molecule has 1 aromatic rings. The van der Waals surface area contributed by atoms with Crippen molar-refractivity contribution in [3.05, 3.63) is 30.1 Å². The minimum atomic E-state index is 0.392. The quantitative estimate of drug-likeness (QED) is 0.788. The molecule has 3 N–H and O–H groups in total. The lowest BCUT2D eigenvalue weighted by Crippen LogP contribution is -2.30. The molecule has 1 aromatic heterocycles. The number of pyridine rings is 1. The Kier molecular flexibility index (Phi) is 3.34. The first-order chi connectivity index (χ1) is 7.25. The van der Waals surface area contributed by atoms with Gasteiger partial charge in [-0.2, -0.15) is 0 Å². The summed E-state index contributed by atoms with van der Waals surface area (Å²) in [6.07, 6.45) is 7.15. The molecule has 0 aliphatic heterocycles. The SMILES string of the molecule is CC(NC1CCC(N)C1)c1ccncc1. The number of nitrogens with one attached hydrogen (secondary N) is 1. The van der Waals surface area contributed by atoms with Crippen molar-refractivity contribution in [3.63, 3.8) is 0 Å². The Labute approximate surface area is 91.1 Å².